The molecule has 2 rings (SSSR count). The SMILES string of the molecule is CCc1cccc(CC)c1CC(N)C[N-]CC(N)Cc1c(CC)cccc1CC.[Cl][Co+][Cl]. The second-order valence-corrected chi connectivity index (χ2v) is 9.81. The number of nitrogens with two attached hydrogens (primary N) is 2. The third-order valence-electron chi connectivity index (χ3n) is 5.92. The Hall–Kier alpha value is -0.594. The number of halogens is 2. The van der Waals surface area contributed by atoms with Gasteiger partial charge in [0.15, 0.2) is 0 Å². The van der Waals surface area contributed by atoms with Crippen molar-refractivity contribution in [2.75, 3.05) is 13.1 Å². The Balaban J connectivity index is 0.00000161. The topological polar surface area (TPSA) is 66.1 Å². The predicted octanol–water partition coefficient (Wildman–Crippen LogP) is 6.13. The Morgan fingerprint density at radius 3 is 1.22 bits per heavy atom. The van der Waals surface area contributed by atoms with Crippen LogP contribution in [0.3, 0.4) is 0 Å². The molecule has 0 spiro atoms. The third-order valence-corrected chi connectivity index (χ3v) is 5.92. The Morgan fingerprint density at radius 1 is 0.688 bits per heavy atom. The van der Waals surface area contributed by atoms with Crippen LogP contribution >= 0.6 is 20.3 Å². The number of hydrogen-bond donors (Lipinski definition) is 2. The summed E-state index contributed by atoms with van der Waals surface area (Å²) in [5, 5.41) is 4.74. The van der Waals surface area contributed by atoms with Crippen molar-refractivity contribution in [2.24, 2.45) is 11.5 Å². The van der Waals surface area contributed by atoms with Crippen molar-refractivity contribution in [3.8, 4) is 0 Å². The molecule has 0 bridgehead atoms. The Labute approximate surface area is 210 Å². The number of rotatable bonds is 12. The van der Waals surface area contributed by atoms with Crippen LogP contribution in [0.5, 0.6) is 0 Å². The van der Waals surface area contributed by atoms with Gasteiger partial charge < -0.3 is 16.8 Å². The second-order valence-electron chi connectivity index (χ2n) is 8.09. The van der Waals surface area contributed by atoms with Crippen molar-refractivity contribution in [1.82, 2.24) is 0 Å². The van der Waals surface area contributed by atoms with Crippen LogP contribution in [0.4, 0.5) is 0 Å². The average molecular weight is 524 g/mol. The van der Waals surface area contributed by atoms with Crippen LogP contribution in [-0.2, 0) is 51.4 Å². The molecule has 2 atom stereocenters. The number of hydrogen-bond acceptors (Lipinski definition) is 2. The van der Waals surface area contributed by atoms with Gasteiger partial charge in [0, 0.05) is 0 Å². The van der Waals surface area contributed by atoms with Gasteiger partial charge in [-0.1, -0.05) is 64.1 Å². The van der Waals surface area contributed by atoms with Crippen molar-refractivity contribution in [2.45, 2.75) is 78.3 Å². The molecule has 0 aliphatic carbocycles. The summed E-state index contributed by atoms with van der Waals surface area (Å²) in [5.41, 5.74) is 21.4. The predicted molar refractivity (Wildman–Crippen MR) is 139 cm³/mol. The van der Waals surface area contributed by atoms with Crippen LogP contribution in [0, 0.1) is 0 Å². The molecule has 0 aliphatic heterocycles. The van der Waals surface area contributed by atoms with Gasteiger partial charge in [0.1, 0.15) is 0 Å². The zero-order chi connectivity index (χ0) is 23.9. The molecular weight excluding hydrogens is 484 g/mol. The van der Waals surface area contributed by atoms with Crippen LogP contribution in [0.15, 0.2) is 36.4 Å². The van der Waals surface area contributed by atoms with E-state index in [1.54, 1.807) is 0 Å². The van der Waals surface area contributed by atoms with E-state index in [9.17, 15) is 0 Å². The third kappa shape index (κ3) is 9.72. The van der Waals surface area contributed by atoms with Gasteiger partial charge in [-0.2, -0.15) is 0 Å². The minimum atomic E-state index is 0.0503. The van der Waals surface area contributed by atoms with Crippen molar-refractivity contribution in [3.63, 3.8) is 0 Å². The molecule has 6 heteroatoms. The number of aryl methyl sites for hydroxylation is 4. The summed E-state index contributed by atoms with van der Waals surface area (Å²) in [7, 11) is 9.47. The fourth-order valence-electron chi connectivity index (χ4n) is 4.28. The molecule has 0 saturated heterocycles. The fraction of sp³-hybridized carbons (Fsp3) is 0.538. The van der Waals surface area contributed by atoms with Crippen molar-refractivity contribution >= 4 is 20.3 Å². The van der Waals surface area contributed by atoms with E-state index in [1.807, 2.05) is 0 Å². The molecule has 3 nitrogen and oxygen atoms in total. The zero-order valence-electron chi connectivity index (χ0n) is 20.0. The molecule has 32 heavy (non-hydrogen) atoms. The van der Waals surface area contributed by atoms with Crippen LogP contribution in [0.1, 0.15) is 61.1 Å². The summed E-state index contributed by atoms with van der Waals surface area (Å²) < 4.78 is 0. The maximum atomic E-state index is 6.45. The first-order chi connectivity index (χ1) is 15.4. The Bertz CT molecular complexity index is 678. The summed E-state index contributed by atoms with van der Waals surface area (Å²) in [4.78, 5) is 0. The molecule has 0 radical (unpaired) electrons. The van der Waals surface area contributed by atoms with E-state index in [-0.39, 0.29) is 12.1 Å². The fourth-order valence-corrected chi connectivity index (χ4v) is 4.28. The number of benzene rings is 2. The van der Waals surface area contributed by atoms with Gasteiger partial charge >= 0.3 is 33.2 Å². The Morgan fingerprint density at radius 2 is 0.969 bits per heavy atom. The van der Waals surface area contributed by atoms with Gasteiger partial charge in [-0.25, -0.2) is 0 Å². The maximum absolute atomic E-state index is 6.45. The molecule has 2 aromatic carbocycles. The molecule has 0 aliphatic rings. The van der Waals surface area contributed by atoms with Gasteiger partial charge in [-0.3, -0.25) is 0 Å². The van der Waals surface area contributed by atoms with Crippen molar-refractivity contribution < 1.29 is 12.9 Å². The van der Waals surface area contributed by atoms with Crippen LogP contribution < -0.4 is 11.5 Å². The van der Waals surface area contributed by atoms with E-state index in [1.165, 1.54) is 33.4 Å². The summed E-state index contributed by atoms with van der Waals surface area (Å²) >= 11 is 0.382. The molecule has 0 saturated carbocycles. The second kappa shape index (κ2) is 16.9. The zero-order valence-corrected chi connectivity index (χ0v) is 22.5. The molecule has 0 aromatic heterocycles. The molecule has 2 unspecified atom stereocenters. The molecule has 0 amide bonds. The summed E-state index contributed by atoms with van der Waals surface area (Å²) in [5.74, 6) is 0. The minimum absolute atomic E-state index is 0.0503. The quantitative estimate of drug-likeness (QED) is 0.351. The van der Waals surface area contributed by atoms with Gasteiger partial charge in [-0.15, -0.1) is 13.1 Å². The Kier molecular flexibility index (Phi) is 15.6. The first-order valence-electron chi connectivity index (χ1n) is 11.6. The number of nitrogens with zero attached hydrogens (tertiary/aromatic N) is 1. The van der Waals surface area contributed by atoms with E-state index in [0.717, 1.165) is 38.5 Å². The first kappa shape index (κ1) is 29.4. The normalized spacial score (nSPS) is 12.9. The van der Waals surface area contributed by atoms with Gasteiger partial charge in [0.2, 0.25) is 0 Å². The average Bonchev–Trinajstić information content (AvgIpc) is 2.79. The molecule has 0 heterocycles. The van der Waals surface area contributed by atoms with Gasteiger partial charge in [0.05, 0.1) is 0 Å². The van der Waals surface area contributed by atoms with Crippen molar-refractivity contribution in [3.05, 3.63) is 75.1 Å². The van der Waals surface area contributed by atoms with E-state index < -0.39 is 0 Å². The van der Waals surface area contributed by atoms with E-state index in [2.05, 4.69) is 64.1 Å². The van der Waals surface area contributed by atoms with E-state index >= 15 is 0 Å². The first-order valence-corrected chi connectivity index (χ1v) is 14.5. The summed E-state index contributed by atoms with van der Waals surface area (Å²) in [6.45, 7) is 10.2. The summed E-state index contributed by atoms with van der Waals surface area (Å²) in [6.07, 6.45) is 5.99. The van der Waals surface area contributed by atoms with Gasteiger partial charge in [-0.05, 0) is 84.0 Å². The van der Waals surface area contributed by atoms with Crippen LogP contribution in [-0.4, -0.2) is 25.2 Å². The molecular formula is C26H40Cl2CoN3. The molecule has 4 N–H and O–H groups in total. The van der Waals surface area contributed by atoms with Gasteiger partial charge in [0.25, 0.3) is 0 Å². The standard InChI is InChI=1S/C26H40N3.2ClH.Co/c1-5-19-11-9-12-20(6-2)25(19)15-23(27)17-29-18-24(28)16-26-21(7-3)13-10-14-22(26)8-4;;;/h9-14,23-24H,5-8,15-18,27-28H2,1-4H3;2*1H;/q-1;;;+3/p-2. The van der Waals surface area contributed by atoms with Crippen molar-refractivity contribution in [1.29, 1.82) is 0 Å². The summed E-state index contributed by atoms with van der Waals surface area (Å²) in [6, 6.07) is 13.3. The van der Waals surface area contributed by atoms with Crippen LogP contribution in [0.25, 0.3) is 5.32 Å². The molecule has 0 fully saturated rings. The monoisotopic (exact) mass is 523 g/mol. The van der Waals surface area contributed by atoms with E-state index in [4.69, 9.17) is 37.1 Å². The molecule has 182 valence electrons. The van der Waals surface area contributed by atoms with Crippen LogP contribution in [0.2, 0.25) is 0 Å². The van der Waals surface area contributed by atoms with E-state index in [0.29, 0.717) is 26.0 Å². The molecule has 2 aromatic rings.